The third-order valence-corrected chi connectivity index (χ3v) is 4.96. The van der Waals surface area contributed by atoms with Crippen LogP contribution < -0.4 is 14.2 Å². The van der Waals surface area contributed by atoms with Crippen LogP contribution in [0.2, 0.25) is 0 Å². The summed E-state index contributed by atoms with van der Waals surface area (Å²) in [6, 6.07) is 5.83. The first kappa shape index (κ1) is 18.5. The van der Waals surface area contributed by atoms with Gasteiger partial charge in [-0.3, -0.25) is 9.78 Å². The summed E-state index contributed by atoms with van der Waals surface area (Å²) in [5.74, 6) is 1.81. The second-order valence-electron chi connectivity index (χ2n) is 7.84. The standard InChI is InChI=1S/C21H25N3O4/c1-21(2)11-15-5-3-7-17(20(15)28-21)26-14-19(25)24-10-4-6-16(13-24)27-18-12-22-8-9-23-18/h3,5,7-9,12,16H,4,6,10-11,13-14H2,1-2H3. The molecular weight excluding hydrogens is 358 g/mol. The van der Waals surface area contributed by atoms with Gasteiger partial charge in [0.05, 0.1) is 12.7 Å². The summed E-state index contributed by atoms with van der Waals surface area (Å²) in [6.07, 6.45) is 7.30. The molecule has 3 heterocycles. The van der Waals surface area contributed by atoms with Crippen LogP contribution >= 0.6 is 0 Å². The molecule has 2 aliphatic heterocycles. The molecule has 0 saturated carbocycles. The van der Waals surface area contributed by atoms with Crippen LogP contribution in [-0.2, 0) is 11.2 Å². The van der Waals surface area contributed by atoms with Gasteiger partial charge in [-0.15, -0.1) is 0 Å². The molecule has 1 aromatic heterocycles. The van der Waals surface area contributed by atoms with Gasteiger partial charge in [0.1, 0.15) is 11.7 Å². The lowest BCUT2D eigenvalue weighted by Crippen LogP contribution is -2.46. The summed E-state index contributed by atoms with van der Waals surface area (Å²) < 4.78 is 17.7. The van der Waals surface area contributed by atoms with Gasteiger partial charge < -0.3 is 19.1 Å². The van der Waals surface area contributed by atoms with Gasteiger partial charge in [-0.25, -0.2) is 4.98 Å². The van der Waals surface area contributed by atoms with E-state index >= 15 is 0 Å². The zero-order chi connectivity index (χ0) is 19.6. The van der Waals surface area contributed by atoms with E-state index in [-0.39, 0.29) is 24.2 Å². The number of ether oxygens (including phenoxy) is 3. The van der Waals surface area contributed by atoms with E-state index in [4.69, 9.17) is 14.2 Å². The van der Waals surface area contributed by atoms with Crippen LogP contribution in [0.3, 0.4) is 0 Å². The Morgan fingerprint density at radius 2 is 2.25 bits per heavy atom. The van der Waals surface area contributed by atoms with E-state index in [1.54, 1.807) is 23.5 Å². The van der Waals surface area contributed by atoms with Gasteiger partial charge in [0.15, 0.2) is 18.1 Å². The van der Waals surface area contributed by atoms with Crippen molar-refractivity contribution in [1.29, 1.82) is 0 Å². The lowest BCUT2D eigenvalue weighted by Gasteiger charge is -2.32. The number of nitrogens with zero attached hydrogens (tertiary/aromatic N) is 3. The summed E-state index contributed by atoms with van der Waals surface area (Å²) in [5.41, 5.74) is 0.870. The number of carbonyl (C=O) groups is 1. The Morgan fingerprint density at radius 1 is 1.36 bits per heavy atom. The molecule has 28 heavy (non-hydrogen) atoms. The van der Waals surface area contributed by atoms with Crippen molar-refractivity contribution in [2.24, 2.45) is 0 Å². The van der Waals surface area contributed by atoms with Crippen LogP contribution in [-0.4, -0.2) is 52.2 Å². The quantitative estimate of drug-likeness (QED) is 0.790. The number of piperidine rings is 1. The van der Waals surface area contributed by atoms with Crippen molar-refractivity contribution in [3.63, 3.8) is 0 Å². The molecule has 2 aliphatic rings. The molecule has 0 radical (unpaired) electrons. The van der Waals surface area contributed by atoms with Gasteiger partial charge in [-0.2, -0.15) is 0 Å². The van der Waals surface area contributed by atoms with Gasteiger partial charge >= 0.3 is 0 Å². The second kappa shape index (κ2) is 7.66. The van der Waals surface area contributed by atoms with E-state index in [0.29, 0.717) is 24.7 Å². The van der Waals surface area contributed by atoms with E-state index in [1.807, 2.05) is 32.0 Å². The maximum Gasteiger partial charge on any atom is 0.260 e. The average molecular weight is 383 g/mol. The number of amides is 1. The molecule has 0 bridgehead atoms. The Morgan fingerprint density at radius 3 is 3.07 bits per heavy atom. The number of likely N-dealkylation sites (tertiary alicyclic amines) is 1. The van der Waals surface area contributed by atoms with Gasteiger partial charge in [0, 0.05) is 30.9 Å². The minimum Gasteiger partial charge on any atom is -0.483 e. The predicted molar refractivity (Wildman–Crippen MR) is 103 cm³/mol. The highest BCUT2D eigenvalue weighted by atomic mass is 16.5. The zero-order valence-corrected chi connectivity index (χ0v) is 16.3. The maximum atomic E-state index is 12.7. The SMILES string of the molecule is CC1(C)Cc2cccc(OCC(=O)N3CCCC(Oc4cnccn4)C3)c2O1. The highest BCUT2D eigenvalue weighted by Crippen LogP contribution is 2.41. The number of carbonyl (C=O) groups excluding carboxylic acids is 1. The van der Waals surface area contributed by atoms with Crippen LogP contribution in [0.4, 0.5) is 0 Å². The van der Waals surface area contributed by atoms with Gasteiger partial charge in [-0.05, 0) is 32.8 Å². The second-order valence-corrected chi connectivity index (χ2v) is 7.84. The number of hydrogen-bond acceptors (Lipinski definition) is 6. The van der Waals surface area contributed by atoms with Crippen LogP contribution in [0.15, 0.2) is 36.8 Å². The summed E-state index contributed by atoms with van der Waals surface area (Å²) >= 11 is 0. The van der Waals surface area contributed by atoms with Gasteiger partial charge in [0.2, 0.25) is 5.88 Å². The van der Waals surface area contributed by atoms with Crippen LogP contribution in [0, 0.1) is 0 Å². The summed E-state index contributed by atoms with van der Waals surface area (Å²) in [4.78, 5) is 22.6. The largest absolute Gasteiger partial charge is 0.483 e. The molecule has 2 aromatic rings. The molecule has 1 saturated heterocycles. The van der Waals surface area contributed by atoms with Gasteiger partial charge in [-0.1, -0.05) is 12.1 Å². The summed E-state index contributed by atoms with van der Waals surface area (Å²) in [7, 11) is 0. The molecule has 148 valence electrons. The van der Waals surface area contributed by atoms with Crippen molar-refractivity contribution in [2.75, 3.05) is 19.7 Å². The highest BCUT2D eigenvalue weighted by molar-refractivity contribution is 5.78. The first-order chi connectivity index (χ1) is 13.5. The normalized spacial score (nSPS) is 20.2. The first-order valence-electron chi connectivity index (χ1n) is 9.64. The van der Waals surface area contributed by atoms with Crippen molar-refractivity contribution >= 4 is 5.91 Å². The topological polar surface area (TPSA) is 73.8 Å². The molecule has 0 spiro atoms. The van der Waals surface area contributed by atoms with Crippen molar-refractivity contribution in [3.05, 3.63) is 42.4 Å². The zero-order valence-electron chi connectivity index (χ0n) is 16.3. The van der Waals surface area contributed by atoms with E-state index < -0.39 is 0 Å². The molecule has 1 aromatic carbocycles. The van der Waals surface area contributed by atoms with Crippen molar-refractivity contribution in [3.8, 4) is 17.4 Å². The fraction of sp³-hybridized carbons (Fsp3) is 0.476. The molecule has 7 nitrogen and oxygen atoms in total. The monoisotopic (exact) mass is 383 g/mol. The molecule has 1 amide bonds. The van der Waals surface area contributed by atoms with E-state index in [2.05, 4.69) is 9.97 Å². The first-order valence-corrected chi connectivity index (χ1v) is 9.64. The molecule has 4 rings (SSSR count). The Hall–Kier alpha value is -2.83. The Bertz CT molecular complexity index is 841. The van der Waals surface area contributed by atoms with Crippen LogP contribution in [0.1, 0.15) is 32.3 Å². The predicted octanol–water partition coefficient (Wildman–Crippen LogP) is 2.64. The van der Waals surface area contributed by atoms with E-state index in [0.717, 1.165) is 30.6 Å². The minimum absolute atomic E-state index is 0.0158. The smallest absolute Gasteiger partial charge is 0.260 e. The number of rotatable bonds is 5. The number of aromatic nitrogens is 2. The van der Waals surface area contributed by atoms with Crippen molar-refractivity contribution in [1.82, 2.24) is 14.9 Å². The Balaban J connectivity index is 1.34. The molecule has 0 N–H and O–H groups in total. The molecule has 1 fully saturated rings. The molecule has 1 unspecified atom stereocenters. The summed E-state index contributed by atoms with van der Waals surface area (Å²) in [6.45, 7) is 5.31. The van der Waals surface area contributed by atoms with Crippen LogP contribution in [0.5, 0.6) is 17.4 Å². The lowest BCUT2D eigenvalue weighted by molar-refractivity contribution is -0.136. The average Bonchev–Trinajstić information content (AvgIpc) is 3.01. The molecule has 0 aliphatic carbocycles. The third-order valence-electron chi connectivity index (χ3n) is 4.96. The lowest BCUT2D eigenvalue weighted by atomic mass is 10.0. The van der Waals surface area contributed by atoms with Crippen LogP contribution in [0.25, 0.3) is 0 Å². The fourth-order valence-electron chi connectivity index (χ4n) is 3.71. The van der Waals surface area contributed by atoms with Crippen molar-refractivity contribution in [2.45, 2.75) is 44.8 Å². The number of benzene rings is 1. The number of para-hydroxylation sites is 1. The fourth-order valence-corrected chi connectivity index (χ4v) is 3.71. The molecular formula is C21H25N3O4. The minimum atomic E-state index is -0.246. The summed E-state index contributed by atoms with van der Waals surface area (Å²) in [5, 5.41) is 0. The molecule has 1 atom stereocenters. The number of fused-ring (bicyclic) bond motifs is 1. The van der Waals surface area contributed by atoms with E-state index in [9.17, 15) is 4.79 Å². The molecule has 7 heteroatoms. The van der Waals surface area contributed by atoms with E-state index in [1.165, 1.54) is 0 Å². The Labute approximate surface area is 164 Å². The number of hydrogen-bond donors (Lipinski definition) is 0. The Kier molecular flexibility index (Phi) is 5.07. The highest BCUT2D eigenvalue weighted by Gasteiger charge is 2.32. The van der Waals surface area contributed by atoms with Gasteiger partial charge in [0.25, 0.3) is 5.91 Å². The maximum absolute atomic E-state index is 12.7. The third kappa shape index (κ3) is 4.18. The van der Waals surface area contributed by atoms with Crippen molar-refractivity contribution < 1.29 is 19.0 Å².